The fraction of sp³-hybridized carbons (Fsp3) is 0.750. The zero-order chi connectivity index (χ0) is 27.5. The molecule has 218 valence electrons. The molecule has 1 heterocycles. The van der Waals surface area contributed by atoms with E-state index in [9.17, 15) is 18.1 Å². The number of piperidine rings is 1. The average molecular weight is 559 g/mol. The first-order valence-electron chi connectivity index (χ1n) is 15.7. The van der Waals surface area contributed by atoms with Crippen molar-refractivity contribution in [2.45, 2.75) is 115 Å². The maximum atomic E-state index is 11.4. The van der Waals surface area contributed by atoms with Gasteiger partial charge in [0.05, 0.1) is 11.8 Å². The molecule has 0 spiro atoms. The van der Waals surface area contributed by atoms with Crippen LogP contribution >= 0.6 is 0 Å². The number of allylic oxidation sites excluding steroid dienone is 2. The van der Waals surface area contributed by atoms with Crippen molar-refractivity contribution >= 4 is 16.0 Å². The van der Waals surface area contributed by atoms with Gasteiger partial charge in [-0.1, -0.05) is 50.8 Å². The van der Waals surface area contributed by atoms with Crippen LogP contribution in [0.25, 0.3) is 0 Å². The quantitative estimate of drug-likeness (QED) is 0.157. The van der Waals surface area contributed by atoms with Crippen LogP contribution in [-0.2, 0) is 16.7 Å². The standard InChI is InChI=1S/C32H50N2O4S/c1-31-19-17-28-27-13-12-26(33-39(36,37)38)24-25(27)16-20-32(28,29(31)14-15-30(31)35)18-8-5-3-2-4-6-9-21-34-22-10-7-11-23-34/h8,12-13,18,24,28-30,33,35H,2-7,9-11,14-17,19-23H2,1H3,(H,36,37,38)/t28?,29?,30-,31-,32?/m0/s1. The molecule has 6 nitrogen and oxygen atoms in total. The van der Waals surface area contributed by atoms with E-state index in [0.717, 1.165) is 44.9 Å². The zero-order valence-electron chi connectivity index (χ0n) is 23.9. The number of hydrogen-bond donors (Lipinski definition) is 3. The number of fused-ring (bicyclic) bond motifs is 5. The Hall–Kier alpha value is -1.41. The van der Waals surface area contributed by atoms with Gasteiger partial charge in [-0.2, -0.15) is 8.42 Å². The van der Waals surface area contributed by atoms with Crippen LogP contribution in [0.15, 0.2) is 30.4 Å². The number of nitrogens with zero attached hydrogens (tertiary/aromatic N) is 1. The summed E-state index contributed by atoms with van der Waals surface area (Å²) in [6, 6.07) is 5.77. The molecule has 5 atom stereocenters. The lowest BCUT2D eigenvalue weighted by Crippen LogP contribution is -2.50. The van der Waals surface area contributed by atoms with Crippen molar-refractivity contribution in [3.05, 3.63) is 41.5 Å². The molecule has 1 aromatic carbocycles. The molecule has 0 aromatic heterocycles. The Balaban J connectivity index is 1.22. The minimum Gasteiger partial charge on any atom is -0.393 e. The van der Waals surface area contributed by atoms with Gasteiger partial charge in [0.15, 0.2) is 0 Å². The van der Waals surface area contributed by atoms with Gasteiger partial charge >= 0.3 is 10.3 Å². The van der Waals surface area contributed by atoms with E-state index in [1.807, 2.05) is 6.07 Å². The van der Waals surface area contributed by atoms with E-state index in [1.165, 1.54) is 82.1 Å². The van der Waals surface area contributed by atoms with Gasteiger partial charge in [-0.15, -0.1) is 0 Å². The number of likely N-dealkylation sites (tertiary alicyclic amines) is 1. The number of anilines is 1. The first kappa shape index (κ1) is 29.1. The number of rotatable bonds is 11. The number of aryl methyl sites for hydroxylation is 1. The van der Waals surface area contributed by atoms with Crippen molar-refractivity contribution in [2.75, 3.05) is 24.4 Å². The number of benzene rings is 1. The summed E-state index contributed by atoms with van der Waals surface area (Å²) in [6.45, 7) is 6.21. The Morgan fingerprint density at radius 3 is 2.59 bits per heavy atom. The van der Waals surface area contributed by atoms with Crippen LogP contribution < -0.4 is 4.72 Å². The maximum absolute atomic E-state index is 11.4. The molecule has 0 amide bonds. The van der Waals surface area contributed by atoms with E-state index in [-0.39, 0.29) is 16.9 Å². The molecule has 1 aromatic rings. The van der Waals surface area contributed by atoms with Crippen molar-refractivity contribution in [2.24, 2.45) is 16.7 Å². The van der Waals surface area contributed by atoms with Gasteiger partial charge in [0.1, 0.15) is 0 Å². The zero-order valence-corrected chi connectivity index (χ0v) is 24.7. The van der Waals surface area contributed by atoms with Crippen LogP contribution in [0.3, 0.4) is 0 Å². The second-order valence-electron chi connectivity index (χ2n) is 13.2. The van der Waals surface area contributed by atoms with Gasteiger partial charge < -0.3 is 10.0 Å². The smallest absolute Gasteiger partial charge is 0.357 e. The molecule has 1 saturated heterocycles. The SMILES string of the molecule is C[C@]12CCC3c4ccc(NS(=O)(=O)O)cc4CCC3(C=CCCCCCCCN3CCCCC3)C1CC[C@@H]2O. The average Bonchev–Trinajstić information content (AvgIpc) is 3.22. The summed E-state index contributed by atoms with van der Waals surface area (Å²) in [6.07, 6.45) is 22.6. The highest BCUT2D eigenvalue weighted by Gasteiger charge is 2.60. The highest BCUT2D eigenvalue weighted by molar-refractivity contribution is 7.87. The first-order valence-corrected chi connectivity index (χ1v) is 17.1. The topological polar surface area (TPSA) is 89.9 Å². The van der Waals surface area contributed by atoms with Gasteiger partial charge in [-0.25, -0.2) is 0 Å². The van der Waals surface area contributed by atoms with E-state index in [0.29, 0.717) is 17.5 Å². The summed E-state index contributed by atoms with van der Waals surface area (Å²) in [5, 5.41) is 11.0. The fourth-order valence-electron chi connectivity index (χ4n) is 8.86. The van der Waals surface area contributed by atoms with Crippen molar-refractivity contribution in [1.82, 2.24) is 4.90 Å². The molecule has 5 rings (SSSR count). The summed E-state index contributed by atoms with van der Waals surface area (Å²) in [5.41, 5.74) is 2.95. The van der Waals surface area contributed by atoms with Crippen LogP contribution in [0.4, 0.5) is 5.69 Å². The Morgan fingerprint density at radius 1 is 1.03 bits per heavy atom. The summed E-state index contributed by atoms with van der Waals surface area (Å²) < 4.78 is 34.2. The van der Waals surface area contributed by atoms with Crippen molar-refractivity contribution in [3.63, 3.8) is 0 Å². The third kappa shape index (κ3) is 6.42. The number of aliphatic hydroxyl groups excluding tert-OH is 1. The van der Waals surface area contributed by atoms with Gasteiger partial charge in [-0.3, -0.25) is 9.27 Å². The molecule has 0 bridgehead atoms. The highest BCUT2D eigenvalue weighted by Crippen LogP contribution is 2.67. The van der Waals surface area contributed by atoms with E-state index in [1.54, 1.807) is 6.07 Å². The number of nitrogens with one attached hydrogen (secondary N) is 1. The van der Waals surface area contributed by atoms with Crippen LogP contribution in [0.1, 0.15) is 114 Å². The van der Waals surface area contributed by atoms with Gasteiger partial charge in [-0.05, 0) is 136 Å². The van der Waals surface area contributed by atoms with Gasteiger partial charge in [0, 0.05) is 0 Å². The Morgan fingerprint density at radius 2 is 1.79 bits per heavy atom. The number of hydrogen-bond acceptors (Lipinski definition) is 4. The molecule has 4 aliphatic rings. The van der Waals surface area contributed by atoms with Gasteiger partial charge in [0.2, 0.25) is 0 Å². The lowest BCUT2D eigenvalue weighted by molar-refractivity contribution is -0.0530. The maximum Gasteiger partial charge on any atom is 0.357 e. The highest BCUT2D eigenvalue weighted by atomic mass is 32.2. The third-order valence-corrected chi connectivity index (χ3v) is 11.4. The third-order valence-electron chi connectivity index (χ3n) is 10.9. The molecule has 3 fully saturated rings. The second-order valence-corrected chi connectivity index (χ2v) is 14.4. The lowest BCUT2D eigenvalue weighted by atomic mass is 9.47. The minimum absolute atomic E-state index is 0.0286. The van der Waals surface area contributed by atoms with Crippen molar-refractivity contribution in [3.8, 4) is 0 Å². The summed E-state index contributed by atoms with van der Waals surface area (Å²) in [4.78, 5) is 2.65. The van der Waals surface area contributed by atoms with Crippen LogP contribution in [0, 0.1) is 16.7 Å². The lowest BCUT2D eigenvalue weighted by Gasteiger charge is -2.57. The van der Waals surface area contributed by atoms with Crippen LogP contribution in [-0.4, -0.2) is 48.7 Å². The molecule has 3 N–H and O–H groups in total. The predicted molar refractivity (Wildman–Crippen MR) is 158 cm³/mol. The molecule has 39 heavy (non-hydrogen) atoms. The largest absolute Gasteiger partial charge is 0.393 e. The fourth-order valence-corrected chi connectivity index (χ4v) is 9.28. The Kier molecular flexibility index (Phi) is 9.11. The second kappa shape index (κ2) is 12.2. The first-order chi connectivity index (χ1) is 18.7. The van der Waals surface area contributed by atoms with Gasteiger partial charge in [0.25, 0.3) is 0 Å². The monoisotopic (exact) mass is 558 g/mol. The van der Waals surface area contributed by atoms with Crippen LogP contribution in [0.2, 0.25) is 0 Å². The molecule has 3 unspecified atom stereocenters. The minimum atomic E-state index is -4.29. The van der Waals surface area contributed by atoms with Crippen molar-refractivity contribution < 1.29 is 18.1 Å². The van der Waals surface area contributed by atoms with Crippen molar-refractivity contribution in [1.29, 1.82) is 0 Å². The number of unbranched alkanes of at least 4 members (excludes halogenated alkanes) is 5. The molecule has 1 aliphatic heterocycles. The van der Waals surface area contributed by atoms with E-state index < -0.39 is 10.3 Å². The molecular formula is C32H50N2O4S. The van der Waals surface area contributed by atoms with Crippen LogP contribution in [0.5, 0.6) is 0 Å². The molecule has 2 saturated carbocycles. The molecule has 3 aliphatic carbocycles. The Labute approximate surface area is 236 Å². The summed E-state index contributed by atoms with van der Waals surface area (Å²) in [7, 11) is -4.29. The normalized spacial score (nSPS) is 33.1. The molecule has 0 radical (unpaired) electrons. The Bertz CT molecular complexity index is 1120. The van der Waals surface area contributed by atoms with E-state index in [2.05, 4.69) is 34.8 Å². The molecular weight excluding hydrogens is 508 g/mol. The summed E-state index contributed by atoms with van der Waals surface area (Å²) >= 11 is 0. The molecule has 7 heteroatoms. The van der Waals surface area contributed by atoms with E-state index >= 15 is 0 Å². The predicted octanol–water partition coefficient (Wildman–Crippen LogP) is 6.87. The van der Waals surface area contributed by atoms with E-state index in [4.69, 9.17) is 0 Å². The number of aliphatic hydroxyl groups is 1. The summed E-state index contributed by atoms with van der Waals surface area (Å²) in [5.74, 6) is 0.851.